The van der Waals surface area contributed by atoms with E-state index in [1.165, 1.54) is 20.2 Å². The number of benzene rings is 8. The lowest BCUT2D eigenvalue weighted by Crippen LogP contribution is -2.20. The van der Waals surface area contributed by atoms with Gasteiger partial charge < -0.3 is 14.8 Å². The van der Waals surface area contributed by atoms with E-state index in [4.69, 9.17) is 14.6 Å². The van der Waals surface area contributed by atoms with Gasteiger partial charge in [-0.05, 0) is 71.8 Å². The predicted molar refractivity (Wildman–Crippen MR) is 236 cm³/mol. The average Bonchev–Trinajstić information content (AvgIpc) is 3.80. The predicted octanol–water partition coefficient (Wildman–Crippen LogP) is 13.9. The van der Waals surface area contributed by atoms with Crippen LogP contribution in [0.2, 0.25) is 0 Å². The van der Waals surface area contributed by atoms with E-state index in [-0.39, 0.29) is 0 Å². The molecule has 0 saturated carbocycles. The zero-order valence-electron chi connectivity index (χ0n) is 30.7. The number of aromatic nitrogens is 1. The number of para-hydroxylation sites is 6. The summed E-state index contributed by atoms with van der Waals surface area (Å²) in [4.78, 5) is 2.25. The lowest BCUT2D eigenvalue weighted by molar-refractivity contribution is 0.446. The van der Waals surface area contributed by atoms with Crippen molar-refractivity contribution in [3.63, 3.8) is 0 Å². The first-order chi connectivity index (χ1) is 28.2. The molecular weight excluding hydrogens is 721 g/mol. The Morgan fingerprint density at radius 3 is 1.95 bits per heavy atom. The van der Waals surface area contributed by atoms with Crippen molar-refractivity contribution in [2.45, 2.75) is 0 Å². The third kappa shape index (κ3) is 4.79. The Bertz CT molecular complexity index is 3250. The molecule has 0 saturated heterocycles. The van der Waals surface area contributed by atoms with Crippen LogP contribution in [0.15, 0.2) is 175 Å². The molecule has 0 radical (unpaired) electrons. The van der Waals surface area contributed by atoms with Gasteiger partial charge in [0.1, 0.15) is 11.4 Å². The lowest BCUT2D eigenvalue weighted by atomic mass is 9.99. The van der Waals surface area contributed by atoms with Crippen molar-refractivity contribution in [2.75, 3.05) is 17.3 Å². The van der Waals surface area contributed by atoms with Gasteiger partial charge in [-0.3, -0.25) is 4.90 Å². The van der Waals surface area contributed by atoms with Crippen molar-refractivity contribution in [1.29, 1.82) is 0 Å². The number of nitrogens with zero attached hydrogens (tertiary/aromatic N) is 3. The highest BCUT2D eigenvalue weighted by atomic mass is 32.1. The van der Waals surface area contributed by atoms with E-state index in [1.54, 1.807) is 0 Å². The van der Waals surface area contributed by atoms with Gasteiger partial charge in [0.05, 0.1) is 22.4 Å². The Morgan fingerprint density at radius 1 is 0.526 bits per heavy atom. The van der Waals surface area contributed by atoms with Crippen LogP contribution in [-0.2, 0) is 0 Å². The maximum absolute atomic E-state index is 6.64. The second-order valence-electron chi connectivity index (χ2n) is 14.4. The molecule has 2 aliphatic rings. The van der Waals surface area contributed by atoms with E-state index in [0.717, 1.165) is 95.5 Å². The quantitative estimate of drug-likeness (QED) is 0.178. The molecule has 7 heteroatoms. The summed E-state index contributed by atoms with van der Waals surface area (Å²) in [5, 5.41) is 13.9. The maximum atomic E-state index is 6.64. The average molecular weight is 753 g/mol. The first-order valence-electron chi connectivity index (χ1n) is 19.0. The number of hydrogen-bond donors (Lipinski definition) is 1. The molecule has 1 N–H and O–H groups in total. The SMILES string of the molecule is CNc1ccccc1/C(=N\n1c2ccccc2c2ccc(-c3cc4c5c(c3)Oc3ccccc3N5c3ccccc3O4)cc21)c1cccc2c1sc1ccccc12. The van der Waals surface area contributed by atoms with E-state index in [0.29, 0.717) is 0 Å². The van der Waals surface area contributed by atoms with Crippen molar-refractivity contribution in [3.05, 3.63) is 181 Å². The van der Waals surface area contributed by atoms with Crippen LogP contribution in [0, 0.1) is 0 Å². The van der Waals surface area contributed by atoms with Crippen molar-refractivity contribution in [2.24, 2.45) is 5.10 Å². The molecule has 10 aromatic rings. The number of fused-ring (bicyclic) bond motifs is 10. The van der Waals surface area contributed by atoms with Crippen molar-refractivity contribution >= 4 is 81.8 Å². The van der Waals surface area contributed by atoms with E-state index in [2.05, 4.69) is 148 Å². The number of nitrogens with one attached hydrogen (secondary N) is 1. The van der Waals surface area contributed by atoms with Crippen LogP contribution < -0.4 is 19.7 Å². The van der Waals surface area contributed by atoms with E-state index in [1.807, 2.05) is 54.8 Å². The van der Waals surface area contributed by atoms with Gasteiger partial charge in [-0.15, -0.1) is 11.3 Å². The van der Waals surface area contributed by atoms with Crippen LogP contribution in [0.25, 0.3) is 53.1 Å². The molecular formula is C50H32N4O2S. The van der Waals surface area contributed by atoms with Gasteiger partial charge in [0.2, 0.25) is 0 Å². The van der Waals surface area contributed by atoms with Gasteiger partial charge >= 0.3 is 0 Å². The van der Waals surface area contributed by atoms with Crippen LogP contribution >= 0.6 is 11.3 Å². The van der Waals surface area contributed by atoms with Crippen LogP contribution in [0.1, 0.15) is 11.1 Å². The maximum Gasteiger partial charge on any atom is 0.156 e. The van der Waals surface area contributed by atoms with Crippen LogP contribution in [0.4, 0.5) is 22.7 Å². The van der Waals surface area contributed by atoms with Crippen molar-refractivity contribution < 1.29 is 9.47 Å². The van der Waals surface area contributed by atoms with Gasteiger partial charge in [-0.25, -0.2) is 4.68 Å². The first-order valence-corrected chi connectivity index (χ1v) is 19.9. The van der Waals surface area contributed by atoms with Gasteiger partial charge in [0.25, 0.3) is 0 Å². The summed E-state index contributed by atoms with van der Waals surface area (Å²) in [5.41, 5.74) is 10.9. The minimum absolute atomic E-state index is 0.747. The molecule has 0 fully saturated rings. The number of hydrogen-bond acceptors (Lipinski definition) is 6. The van der Waals surface area contributed by atoms with Crippen LogP contribution in [0.3, 0.4) is 0 Å². The second-order valence-corrected chi connectivity index (χ2v) is 15.4. The Balaban J connectivity index is 1.09. The first kappa shape index (κ1) is 31.9. The van der Waals surface area contributed by atoms with Crippen LogP contribution in [-0.4, -0.2) is 17.4 Å². The van der Waals surface area contributed by atoms with Gasteiger partial charge in [-0.1, -0.05) is 109 Å². The molecule has 2 aromatic heterocycles. The number of anilines is 4. The zero-order valence-corrected chi connectivity index (χ0v) is 31.5. The van der Waals surface area contributed by atoms with Gasteiger partial charge in [0.15, 0.2) is 23.0 Å². The molecule has 6 nitrogen and oxygen atoms in total. The fraction of sp³-hybridized carbons (Fsp3) is 0.0200. The summed E-state index contributed by atoms with van der Waals surface area (Å²) in [6, 6.07) is 59.5. The fourth-order valence-corrected chi connectivity index (χ4v) is 9.84. The van der Waals surface area contributed by atoms with E-state index in [9.17, 15) is 0 Å². The summed E-state index contributed by atoms with van der Waals surface area (Å²) in [5.74, 6) is 3.10. The molecule has 8 aromatic carbocycles. The Kier molecular flexibility index (Phi) is 6.91. The Hall–Kier alpha value is -7.35. The standard InChI is InChI=1S/C50H32N4O2S/c1-51-38-18-5-2-15-36(38)48(37-17-12-16-35-34-14-4-11-24-47(34)57-50(35)37)52-54-39-19-6-3-13-32(39)33-26-25-30(27-42(33)54)31-28-45-49-46(29-31)56-44-23-10-8-21-41(44)53(49)40-20-7-9-22-43(40)55-45/h2-29,51H,1H3/b52-48+. The van der Waals surface area contributed by atoms with Crippen molar-refractivity contribution in [3.8, 4) is 34.1 Å². The van der Waals surface area contributed by atoms with Crippen LogP contribution in [0.5, 0.6) is 23.0 Å². The minimum Gasteiger partial charge on any atom is -0.453 e. The molecule has 0 unspecified atom stereocenters. The number of rotatable bonds is 5. The van der Waals surface area contributed by atoms with E-state index >= 15 is 0 Å². The molecule has 2 aliphatic heterocycles. The fourth-order valence-electron chi connectivity index (χ4n) is 8.62. The monoisotopic (exact) mass is 752 g/mol. The molecule has 0 amide bonds. The summed E-state index contributed by atoms with van der Waals surface area (Å²) in [7, 11) is 1.97. The normalized spacial score (nSPS) is 13.0. The minimum atomic E-state index is 0.747. The Morgan fingerprint density at radius 2 is 1.16 bits per heavy atom. The molecule has 12 rings (SSSR count). The molecule has 57 heavy (non-hydrogen) atoms. The molecule has 0 bridgehead atoms. The van der Waals surface area contributed by atoms with Gasteiger partial charge in [0, 0.05) is 54.8 Å². The van der Waals surface area contributed by atoms with E-state index < -0.39 is 0 Å². The highest BCUT2D eigenvalue weighted by Gasteiger charge is 2.35. The topological polar surface area (TPSA) is 51.0 Å². The Labute approximate surface area is 332 Å². The van der Waals surface area contributed by atoms with Crippen molar-refractivity contribution in [1.82, 2.24) is 4.68 Å². The third-order valence-electron chi connectivity index (χ3n) is 11.2. The summed E-state index contributed by atoms with van der Waals surface area (Å²) in [6.07, 6.45) is 0. The highest BCUT2D eigenvalue weighted by molar-refractivity contribution is 7.26. The largest absolute Gasteiger partial charge is 0.453 e. The third-order valence-corrected chi connectivity index (χ3v) is 12.4. The highest BCUT2D eigenvalue weighted by Crippen LogP contribution is 2.60. The summed E-state index contributed by atoms with van der Waals surface area (Å²) < 4.78 is 17.9. The number of ether oxygens (including phenoxy) is 2. The smallest absolute Gasteiger partial charge is 0.156 e. The zero-order chi connectivity index (χ0) is 37.6. The summed E-state index contributed by atoms with van der Waals surface area (Å²) >= 11 is 1.82. The lowest BCUT2D eigenvalue weighted by Gasteiger charge is -2.38. The molecule has 4 heterocycles. The van der Waals surface area contributed by atoms with Gasteiger partial charge in [-0.2, -0.15) is 5.10 Å². The molecule has 0 aliphatic carbocycles. The molecule has 0 spiro atoms. The molecule has 0 atom stereocenters. The summed E-state index contributed by atoms with van der Waals surface area (Å²) in [6.45, 7) is 0. The number of thiophene rings is 1. The molecule has 270 valence electrons. The second kappa shape index (κ2) is 12.3.